The zero-order chi connectivity index (χ0) is 9.40. The van der Waals surface area contributed by atoms with E-state index >= 15 is 0 Å². The molecule has 12 heavy (non-hydrogen) atoms. The van der Waals surface area contributed by atoms with E-state index in [0.29, 0.717) is 0 Å². The molecule has 0 heterocycles. The summed E-state index contributed by atoms with van der Waals surface area (Å²) in [5, 5.41) is 3.07. The lowest BCUT2D eigenvalue weighted by Gasteiger charge is -2.00. The number of nitrogens with zero attached hydrogens (tertiary/aromatic N) is 1. The van der Waals surface area contributed by atoms with Gasteiger partial charge in [0, 0.05) is 19.8 Å². The van der Waals surface area contributed by atoms with Crippen molar-refractivity contribution in [2.75, 3.05) is 20.6 Å². The maximum atomic E-state index is 4.00. The first-order chi connectivity index (χ1) is 5.76. The van der Waals surface area contributed by atoms with Crippen LogP contribution in [0.5, 0.6) is 0 Å². The highest BCUT2D eigenvalue weighted by atomic mass is 14.8. The normalized spacial score (nSPS) is 14.3. The molecule has 0 saturated heterocycles. The van der Waals surface area contributed by atoms with Crippen molar-refractivity contribution >= 4 is 6.21 Å². The fourth-order valence-corrected chi connectivity index (χ4v) is 0.833. The van der Waals surface area contributed by atoms with Crippen molar-refractivity contribution in [2.24, 2.45) is 4.99 Å². The summed E-state index contributed by atoms with van der Waals surface area (Å²) >= 11 is 0. The van der Waals surface area contributed by atoms with E-state index in [1.54, 1.807) is 7.05 Å². The third-order valence-electron chi connectivity index (χ3n) is 1.68. The summed E-state index contributed by atoms with van der Waals surface area (Å²) in [6, 6.07) is 0. The number of likely N-dealkylation sites (N-methyl/N-ethyl adjacent to an activating group) is 1. The van der Waals surface area contributed by atoms with Crippen molar-refractivity contribution in [3.05, 3.63) is 23.3 Å². The highest BCUT2D eigenvalue weighted by molar-refractivity contribution is 5.84. The van der Waals surface area contributed by atoms with Gasteiger partial charge in [-0.15, -0.1) is 0 Å². The summed E-state index contributed by atoms with van der Waals surface area (Å²) < 4.78 is 0. The van der Waals surface area contributed by atoms with Gasteiger partial charge in [-0.1, -0.05) is 12.2 Å². The minimum absolute atomic E-state index is 0.881. The van der Waals surface area contributed by atoms with E-state index < -0.39 is 0 Å². The summed E-state index contributed by atoms with van der Waals surface area (Å²) in [5.74, 6) is 0. The lowest BCUT2D eigenvalue weighted by atomic mass is 10.1. The predicted molar refractivity (Wildman–Crippen MR) is 55.9 cm³/mol. The topological polar surface area (TPSA) is 24.4 Å². The first-order valence-electron chi connectivity index (χ1n) is 4.16. The predicted octanol–water partition coefficient (Wildman–Crippen LogP) is 1.80. The Labute approximate surface area is 75.1 Å². The van der Waals surface area contributed by atoms with Crippen LogP contribution in [0.2, 0.25) is 0 Å². The van der Waals surface area contributed by atoms with E-state index in [-0.39, 0.29) is 0 Å². The second kappa shape index (κ2) is 6.80. The fraction of sp³-hybridized carbons (Fsp3) is 0.500. The van der Waals surface area contributed by atoms with E-state index in [1.807, 2.05) is 20.2 Å². The van der Waals surface area contributed by atoms with Crippen LogP contribution < -0.4 is 5.32 Å². The summed E-state index contributed by atoms with van der Waals surface area (Å²) in [4.78, 5) is 4.00. The van der Waals surface area contributed by atoms with Crippen molar-refractivity contribution in [3.63, 3.8) is 0 Å². The Bertz CT molecular complexity index is 200. The molecular weight excluding hydrogens is 148 g/mol. The van der Waals surface area contributed by atoms with Gasteiger partial charge in [0.2, 0.25) is 0 Å². The van der Waals surface area contributed by atoms with E-state index in [9.17, 15) is 0 Å². The molecule has 2 nitrogen and oxygen atoms in total. The second-order valence-electron chi connectivity index (χ2n) is 2.58. The van der Waals surface area contributed by atoms with Crippen molar-refractivity contribution < 1.29 is 0 Å². The molecule has 0 aromatic rings. The van der Waals surface area contributed by atoms with E-state index in [0.717, 1.165) is 6.54 Å². The number of hydrogen-bond donors (Lipinski definition) is 1. The standard InChI is InChI=1S/C10H18N2/c1-5-9(2)10(8-12-4)6-7-11-3/h5-6,8,11H,7H2,1-4H3/b9-5-,10-6-,12-8?. The Morgan fingerprint density at radius 3 is 2.58 bits per heavy atom. The molecule has 0 rings (SSSR count). The Morgan fingerprint density at radius 1 is 1.50 bits per heavy atom. The molecule has 0 atom stereocenters. The molecule has 0 spiro atoms. The Kier molecular flexibility index (Phi) is 6.29. The summed E-state index contributed by atoms with van der Waals surface area (Å²) in [6.07, 6.45) is 6.10. The summed E-state index contributed by atoms with van der Waals surface area (Å²) in [7, 11) is 3.72. The van der Waals surface area contributed by atoms with E-state index in [2.05, 4.69) is 29.4 Å². The molecule has 0 amide bonds. The van der Waals surface area contributed by atoms with Gasteiger partial charge in [0.05, 0.1) is 0 Å². The maximum absolute atomic E-state index is 4.00. The highest BCUT2D eigenvalue weighted by Gasteiger charge is 1.92. The van der Waals surface area contributed by atoms with Crippen LogP contribution in [0.1, 0.15) is 13.8 Å². The quantitative estimate of drug-likeness (QED) is 0.500. The van der Waals surface area contributed by atoms with Crippen molar-refractivity contribution in [1.29, 1.82) is 0 Å². The van der Waals surface area contributed by atoms with E-state index in [4.69, 9.17) is 0 Å². The maximum Gasteiger partial charge on any atom is 0.0281 e. The smallest absolute Gasteiger partial charge is 0.0281 e. The number of allylic oxidation sites excluding steroid dienone is 3. The van der Waals surface area contributed by atoms with Crippen LogP contribution in [-0.2, 0) is 0 Å². The first kappa shape index (κ1) is 11.1. The fourth-order valence-electron chi connectivity index (χ4n) is 0.833. The van der Waals surface area contributed by atoms with Crippen molar-refractivity contribution in [3.8, 4) is 0 Å². The largest absolute Gasteiger partial charge is 0.316 e. The summed E-state index contributed by atoms with van der Waals surface area (Å²) in [5.41, 5.74) is 2.45. The zero-order valence-electron chi connectivity index (χ0n) is 8.39. The molecule has 0 aliphatic heterocycles. The second-order valence-corrected chi connectivity index (χ2v) is 2.58. The average Bonchev–Trinajstić information content (AvgIpc) is 2.11. The molecule has 0 unspecified atom stereocenters. The first-order valence-corrected chi connectivity index (χ1v) is 4.16. The Morgan fingerprint density at radius 2 is 2.17 bits per heavy atom. The van der Waals surface area contributed by atoms with Crippen LogP contribution in [0.3, 0.4) is 0 Å². The van der Waals surface area contributed by atoms with Crippen LogP contribution in [-0.4, -0.2) is 26.9 Å². The van der Waals surface area contributed by atoms with Crippen LogP contribution in [0.4, 0.5) is 0 Å². The van der Waals surface area contributed by atoms with Crippen LogP contribution in [0, 0.1) is 0 Å². The molecule has 0 aliphatic carbocycles. The van der Waals surface area contributed by atoms with Gasteiger partial charge in [-0.3, -0.25) is 4.99 Å². The van der Waals surface area contributed by atoms with Gasteiger partial charge in [0.25, 0.3) is 0 Å². The number of rotatable bonds is 4. The van der Waals surface area contributed by atoms with Crippen molar-refractivity contribution in [2.45, 2.75) is 13.8 Å². The van der Waals surface area contributed by atoms with Gasteiger partial charge in [0.15, 0.2) is 0 Å². The molecule has 0 aliphatic rings. The van der Waals surface area contributed by atoms with Crippen LogP contribution in [0.15, 0.2) is 28.3 Å². The molecule has 2 heteroatoms. The van der Waals surface area contributed by atoms with Crippen LogP contribution >= 0.6 is 0 Å². The van der Waals surface area contributed by atoms with Crippen LogP contribution in [0.25, 0.3) is 0 Å². The third-order valence-corrected chi connectivity index (χ3v) is 1.68. The molecule has 0 aromatic heterocycles. The molecule has 68 valence electrons. The molecule has 0 fully saturated rings. The Balaban J connectivity index is 4.43. The van der Waals surface area contributed by atoms with Crippen molar-refractivity contribution in [1.82, 2.24) is 5.32 Å². The van der Waals surface area contributed by atoms with Gasteiger partial charge in [-0.2, -0.15) is 0 Å². The lowest BCUT2D eigenvalue weighted by Crippen LogP contribution is -2.06. The van der Waals surface area contributed by atoms with Gasteiger partial charge in [-0.05, 0) is 32.0 Å². The molecule has 1 N–H and O–H groups in total. The third kappa shape index (κ3) is 4.09. The molecular formula is C10H18N2. The molecule has 0 saturated carbocycles. The van der Waals surface area contributed by atoms with E-state index in [1.165, 1.54) is 11.1 Å². The average molecular weight is 166 g/mol. The highest BCUT2D eigenvalue weighted by Crippen LogP contribution is 2.05. The molecule has 0 bridgehead atoms. The summed E-state index contributed by atoms with van der Waals surface area (Å²) in [6.45, 7) is 5.00. The number of aliphatic imine (C=N–C) groups is 1. The Hall–Kier alpha value is -0.890. The number of hydrogen-bond acceptors (Lipinski definition) is 2. The van der Waals surface area contributed by atoms with Gasteiger partial charge in [0.1, 0.15) is 0 Å². The number of nitrogens with one attached hydrogen (secondary N) is 1. The lowest BCUT2D eigenvalue weighted by molar-refractivity contribution is 0.917. The molecule has 0 radical (unpaired) electrons. The minimum Gasteiger partial charge on any atom is -0.316 e. The monoisotopic (exact) mass is 166 g/mol. The zero-order valence-corrected chi connectivity index (χ0v) is 8.39. The van der Waals surface area contributed by atoms with Gasteiger partial charge in [-0.25, -0.2) is 0 Å². The van der Waals surface area contributed by atoms with Gasteiger partial charge >= 0.3 is 0 Å². The molecule has 0 aromatic carbocycles. The SMILES string of the molecule is C/C=C(C)\C(C=NC)=C/CNC. The minimum atomic E-state index is 0.881. The van der Waals surface area contributed by atoms with Gasteiger partial charge < -0.3 is 5.32 Å².